The van der Waals surface area contributed by atoms with E-state index in [-0.39, 0.29) is 5.75 Å². The van der Waals surface area contributed by atoms with Gasteiger partial charge in [-0.25, -0.2) is 0 Å². The maximum absolute atomic E-state index is 12.4. The lowest BCUT2D eigenvalue weighted by molar-refractivity contribution is -0.144. The van der Waals surface area contributed by atoms with Crippen molar-refractivity contribution in [2.75, 3.05) is 18.4 Å². The second-order valence-electron chi connectivity index (χ2n) is 7.03. The molecule has 0 atom stereocenters. The van der Waals surface area contributed by atoms with Gasteiger partial charge in [0.25, 0.3) is 0 Å². The van der Waals surface area contributed by atoms with Crippen LogP contribution in [0.3, 0.4) is 0 Å². The molecule has 0 radical (unpaired) electrons. The molecule has 27 heavy (non-hydrogen) atoms. The highest BCUT2D eigenvalue weighted by Crippen LogP contribution is 2.23. The van der Waals surface area contributed by atoms with E-state index in [4.69, 9.17) is 0 Å². The quantitative estimate of drug-likeness (QED) is 0.791. The summed E-state index contributed by atoms with van der Waals surface area (Å²) in [5.41, 5.74) is 1.10. The van der Waals surface area contributed by atoms with Gasteiger partial charge >= 0.3 is 11.8 Å². The van der Waals surface area contributed by atoms with Crippen LogP contribution in [0, 0.1) is 5.92 Å². The van der Waals surface area contributed by atoms with E-state index < -0.39 is 11.8 Å². The Hall–Kier alpha value is -2.83. The number of hydrogen-bond acceptors (Lipinski definition) is 4. The molecule has 1 aromatic heterocycles. The SMILES string of the molecule is CCCn1ccc(NC(=O)C(=O)N2CCC(Cc3cccc(O)c3)CC2)n1. The van der Waals surface area contributed by atoms with Gasteiger partial charge in [-0.05, 0) is 49.3 Å². The first kappa shape index (κ1) is 18.9. The van der Waals surface area contributed by atoms with Gasteiger partial charge in [0.05, 0.1) is 0 Å². The fraction of sp³-hybridized carbons (Fsp3) is 0.450. The topological polar surface area (TPSA) is 87.5 Å². The van der Waals surface area contributed by atoms with Crippen molar-refractivity contribution in [2.45, 2.75) is 39.2 Å². The molecule has 1 aliphatic heterocycles. The molecule has 1 aliphatic rings. The Morgan fingerprint density at radius 3 is 2.74 bits per heavy atom. The third-order valence-corrected chi connectivity index (χ3v) is 4.87. The first-order valence-corrected chi connectivity index (χ1v) is 9.46. The van der Waals surface area contributed by atoms with E-state index in [1.807, 2.05) is 19.1 Å². The maximum Gasteiger partial charge on any atom is 0.315 e. The molecule has 1 saturated heterocycles. The van der Waals surface area contributed by atoms with Crippen LogP contribution >= 0.6 is 0 Å². The molecule has 3 rings (SSSR count). The van der Waals surface area contributed by atoms with Crippen molar-refractivity contribution in [3.05, 3.63) is 42.1 Å². The van der Waals surface area contributed by atoms with E-state index in [0.29, 0.717) is 24.8 Å². The third kappa shape index (κ3) is 5.09. The minimum atomic E-state index is -0.636. The molecule has 144 valence electrons. The van der Waals surface area contributed by atoms with Gasteiger partial charge in [0, 0.05) is 31.9 Å². The lowest BCUT2D eigenvalue weighted by Crippen LogP contribution is -2.44. The fourth-order valence-corrected chi connectivity index (χ4v) is 3.45. The van der Waals surface area contributed by atoms with Crippen molar-refractivity contribution in [3.63, 3.8) is 0 Å². The van der Waals surface area contributed by atoms with Crippen LogP contribution in [-0.4, -0.2) is 44.7 Å². The number of piperidine rings is 1. The summed E-state index contributed by atoms with van der Waals surface area (Å²) in [6.45, 7) is 3.96. The molecule has 2 amide bonds. The van der Waals surface area contributed by atoms with Crippen molar-refractivity contribution < 1.29 is 14.7 Å². The van der Waals surface area contributed by atoms with Gasteiger partial charge in [0.2, 0.25) is 0 Å². The van der Waals surface area contributed by atoms with Gasteiger partial charge in [0.1, 0.15) is 5.75 Å². The summed E-state index contributed by atoms with van der Waals surface area (Å²) >= 11 is 0. The minimum Gasteiger partial charge on any atom is -0.508 e. The molecule has 0 spiro atoms. The van der Waals surface area contributed by atoms with E-state index in [2.05, 4.69) is 10.4 Å². The Bertz CT molecular complexity index is 794. The average Bonchev–Trinajstić information content (AvgIpc) is 3.09. The standard InChI is InChI=1S/C20H26N4O3/c1-2-9-24-12-8-18(22-24)21-19(26)20(27)23-10-6-15(7-11-23)13-16-4-3-5-17(25)14-16/h3-5,8,12,14-15,25H,2,6-7,9-11,13H2,1H3,(H,21,22,26). The van der Waals surface area contributed by atoms with Gasteiger partial charge in [0.15, 0.2) is 5.82 Å². The van der Waals surface area contributed by atoms with Crippen molar-refractivity contribution in [2.24, 2.45) is 5.92 Å². The number of likely N-dealkylation sites (tertiary alicyclic amines) is 1. The van der Waals surface area contributed by atoms with Crippen molar-refractivity contribution >= 4 is 17.6 Å². The second kappa shape index (κ2) is 8.70. The highest BCUT2D eigenvalue weighted by atomic mass is 16.3. The minimum absolute atomic E-state index is 0.276. The monoisotopic (exact) mass is 370 g/mol. The summed E-state index contributed by atoms with van der Waals surface area (Å²) in [5.74, 6) is -0.0126. The Labute approximate surface area is 159 Å². The van der Waals surface area contributed by atoms with E-state index in [1.165, 1.54) is 0 Å². The predicted octanol–water partition coefficient (Wildman–Crippen LogP) is 2.42. The lowest BCUT2D eigenvalue weighted by Gasteiger charge is -2.31. The molecular formula is C20H26N4O3. The Kier molecular flexibility index (Phi) is 6.11. The van der Waals surface area contributed by atoms with Crippen LogP contribution in [0.2, 0.25) is 0 Å². The molecule has 0 unspecified atom stereocenters. The number of amides is 2. The molecule has 0 bridgehead atoms. The fourth-order valence-electron chi connectivity index (χ4n) is 3.45. The van der Waals surface area contributed by atoms with Gasteiger partial charge in [-0.3, -0.25) is 14.3 Å². The number of carbonyl (C=O) groups is 2. The van der Waals surface area contributed by atoms with Gasteiger partial charge in [-0.2, -0.15) is 5.10 Å². The summed E-state index contributed by atoms with van der Waals surface area (Å²) < 4.78 is 1.74. The number of phenolic OH excluding ortho intramolecular Hbond substituents is 1. The number of phenols is 1. The molecule has 2 aromatic rings. The van der Waals surface area contributed by atoms with E-state index in [0.717, 1.165) is 37.8 Å². The zero-order valence-corrected chi connectivity index (χ0v) is 15.6. The van der Waals surface area contributed by atoms with Gasteiger partial charge in [-0.1, -0.05) is 19.1 Å². The normalized spacial score (nSPS) is 14.9. The number of nitrogens with zero attached hydrogens (tertiary/aromatic N) is 3. The number of anilines is 1. The summed E-state index contributed by atoms with van der Waals surface area (Å²) in [4.78, 5) is 26.2. The molecule has 2 heterocycles. The Balaban J connectivity index is 1.48. The van der Waals surface area contributed by atoms with Crippen LogP contribution in [0.15, 0.2) is 36.5 Å². The summed E-state index contributed by atoms with van der Waals surface area (Å²) in [6, 6.07) is 8.98. The largest absolute Gasteiger partial charge is 0.508 e. The van der Waals surface area contributed by atoms with E-state index >= 15 is 0 Å². The van der Waals surface area contributed by atoms with Crippen LogP contribution in [0.4, 0.5) is 5.82 Å². The number of carbonyl (C=O) groups excluding carboxylic acids is 2. The number of rotatable bonds is 5. The zero-order chi connectivity index (χ0) is 19.2. The molecule has 1 fully saturated rings. The smallest absolute Gasteiger partial charge is 0.315 e. The summed E-state index contributed by atoms with van der Waals surface area (Å²) in [5, 5.41) is 16.4. The summed E-state index contributed by atoms with van der Waals surface area (Å²) in [6.07, 6.45) is 5.30. The first-order chi connectivity index (χ1) is 13.0. The van der Waals surface area contributed by atoms with Crippen LogP contribution in [0.5, 0.6) is 5.75 Å². The van der Waals surface area contributed by atoms with Crippen LogP contribution in [0.1, 0.15) is 31.7 Å². The Morgan fingerprint density at radius 1 is 1.26 bits per heavy atom. The predicted molar refractivity (Wildman–Crippen MR) is 102 cm³/mol. The summed E-state index contributed by atoms with van der Waals surface area (Å²) in [7, 11) is 0. The molecule has 1 aromatic carbocycles. The number of nitrogens with one attached hydrogen (secondary N) is 1. The third-order valence-electron chi connectivity index (χ3n) is 4.87. The van der Waals surface area contributed by atoms with E-state index in [9.17, 15) is 14.7 Å². The van der Waals surface area contributed by atoms with Crippen molar-refractivity contribution in [3.8, 4) is 5.75 Å². The van der Waals surface area contributed by atoms with Gasteiger partial charge < -0.3 is 15.3 Å². The molecule has 7 heteroatoms. The highest BCUT2D eigenvalue weighted by Gasteiger charge is 2.27. The zero-order valence-electron chi connectivity index (χ0n) is 15.6. The second-order valence-corrected chi connectivity index (χ2v) is 7.03. The van der Waals surface area contributed by atoms with Crippen LogP contribution in [-0.2, 0) is 22.6 Å². The highest BCUT2D eigenvalue weighted by molar-refractivity contribution is 6.39. The lowest BCUT2D eigenvalue weighted by atomic mass is 9.90. The first-order valence-electron chi connectivity index (χ1n) is 9.46. The Morgan fingerprint density at radius 2 is 2.04 bits per heavy atom. The molecule has 0 saturated carbocycles. The number of aromatic hydroxyl groups is 1. The van der Waals surface area contributed by atoms with Gasteiger partial charge in [-0.15, -0.1) is 0 Å². The van der Waals surface area contributed by atoms with E-state index in [1.54, 1.807) is 34.0 Å². The van der Waals surface area contributed by atoms with Crippen LogP contribution in [0.25, 0.3) is 0 Å². The molecule has 7 nitrogen and oxygen atoms in total. The van der Waals surface area contributed by atoms with Crippen LogP contribution < -0.4 is 5.32 Å². The van der Waals surface area contributed by atoms with Crippen molar-refractivity contribution in [1.29, 1.82) is 0 Å². The molecule has 0 aliphatic carbocycles. The maximum atomic E-state index is 12.4. The molecular weight excluding hydrogens is 344 g/mol. The average molecular weight is 370 g/mol. The number of aryl methyl sites for hydroxylation is 1. The number of aromatic nitrogens is 2. The van der Waals surface area contributed by atoms with Crippen molar-refractivity contribution in [1.82, 2.24) is 14.7 Å². The number of benzene rings is 1. The number of hydrogen-bond donors (Lipinski definition) is 2. The molecule has 2 N–H and O–H groups in total.